The number of fused-ring (bicyclic) bond motifs is 1. The summed E-state index contributed by atoms with van der Waals surface area (Å²) in [6.45, 7) is 2.87. The Labute approximate surface area is 114 Å². The Hall–Kier alpha value is -1.95. The average molecular weight is 256 g/mol. The lowest BCUT2D eigenvalue weighted by molar-refractivity contribution is -0.122. The van der Waals surface area contributed by atoms with Gasteiger partial charge in [-0.3, -0.25) is 4.79 Å². The lowest BCUT2D eigenvalue weighted by atomic mass is 9.97. The fraction of sp³-hybridized carbons (Fsp3) is 0.438. The molecule has 2 atom stereocenters. The number of benzene rings is 1. The van der Waals surface area contributed by atoms with Crippen molar-refractivity contribution in [3.8, 4) is 12.3 Å². The standard InChI is InChI=1S/C16H20N2O/c1-3-7-13(4-2)18-16(19)10-12-11-17-15-9-6-5-8-14(12)15/h1,5-6,8-9,12-13,17H,4,7,10-11H2,2H3,(H,18,19). The van der Waals surface area contributed by atoms with Gasteiger partial charge in [-0.1, -0.05) is 25.1 Å². The second-order valence-electron chi connectivity index (χ2n) is 4.95. The number of anilines is 1. The molecule has 2 unspecified atom stereocenters. The molecule has 0 saturated carbocycles. The van der Waals surface area contributed by atoms with Gasteiger partial charge < -0.3 is 10.6 Å². The van der Waals surface area contributed by atoms with Crippen LogP contribution in [0.4, 0.5) is 5.69 Å². The van der Waals surface area contributed by atoms with E-state index in [-0.39, 0.29) is 17.9 Å². The first-order chi connectivity index (χ1) is 9.24. The van der Waals surface area contributed by atoms with Crippen molar-refractivity contribution in [2.24, 2.45) is 0 Å². The second kappa shape index (κ2) is 6.29. The Morgan fingerprint density at radius 3 is 3.11 bits per heavy atom. The highest BCUT2D eigenvalue weighted by molar-refractivity contribution is 5.78. The fourth-order valence-corrected chi connectivity index (χ4v) is 2.49. The molecule has 1 aromatic carbocycles. The monoisotopic (exact) mass is 256 g/mol. The number of para-hydroxylation sites is 1. The van der Waals surface area contributed by atoms with Crippen molar-refractivity contribution < 1.29 is 4.79 Å². The largest absolute Gasteiger partial charge is 0.384 e. The van der Waals surface area contributed by atoms with Gasteiger partial charge in [-0.2, -0.15) is 0 Å². The molecule has 1 heterocycles. The molecule has 0 spiro atoms. The van der Waals surface area contributed by atoms with E-state index in [2.05, 4.69) is 28.7 Å². The first-order valence-electron chi connectivity index (χ1n) is 6.80. The molecule has 0 fully saturated rings. The Balaban J connectivity index is 1.92. The molecule has 0 radical (unpaired) electrons. The molecule has 0 aliphatic carbocycles. The van der Waals surface area contributed by atoms with Gasteiger partial charge in [0.1, 0.15) is 0 Å². The maximum Gasteiger partial charge on any atom is 0.220 e. The van der Waals surface area contributed by atoms with Gasteiger partial charge >= 0.3 is 0 Å². The highest BCUT2D eigenvalue weighted by Gasteiger charge is 2.24. The predicted octanol–water partition coefficient (Wildman–Crippen LogP) is 2.50. The molecule has 1 aliphatic heterocycles. The summed E-state index contributed by atoms with van der Waals surface area (Å²) in [5.41, 5.74) is 2.39. The molecule has 2 N–H and O–H groups in total. The van der Waals surface area contributed by atoms with E-state index in [1.807, 2.05) is 19.1 Å². The number of nitrogens with one attached hydrogen (secondary N) is 2. The summed E-state index contributed by atoms with van der Waals surface area (Å²) in [4.78, 5) is 12.0. The summed E-state index contributed by atoms with van der Waals surface area (Å²) in [5, 5.41) is 6.35. The van der Waals surface area contributed by atoms with Gasteiger partial charge in [-0.05, 0) is 18.1 Å². The topological polar surface area (TPSA) is 41.1 Å². The number of hydrogen-bond acceptors (Lipinski definition) is 2. The predicted molar refractivity (Wildman–Crippen MR) is 78.0 cm³/mol. The fourth-order valence-electron chi connectivity index (χ4n) is 2.49. The zero-order valence-corrected chi connectivity index (χ0v) is 11.3. The minimum atomic E-state index is 0.0885. The summed E-state index contributed by atoms with van der Waals surface area (Å²) >= 11 is 0. The van der Waals surface area contributed by atoms with E-state index in [0.29, 0.717) is 12.8 Å². The number of carbonyl (C=O) groups is 1. The van der Waals surface area contributed by atoms with Crippen LogP contribution in [0, 0.1) is 12.3 Å². The number of terminal acetylenes is 1. The quantitative estimate of drug-likeness (QED) is 0.795. The van der Waals surface area contributed by atoms with E-state index in [0.717, 1.165) is 18.7 Å². The minimum Gasteiger partial charge on any atom is -0.384 e. The molecular formula is C16H20N2O. The molecule has 0 aromatic heterocycles. The Kier molecular flexibility index (Phi) is 4.46. The van der Waals surface area contributed by atoms with Crippen LogP contribution < -0.4 is 10.6 Å². The molecule has 0 saturated heterocycles. The molecular weight excluding hydrogens is 236 g/mol. The number of carbonyl (C=O) groups excluding carboxylic acids is 1. The van der Waals surface area contributed by atoms with Crippen LogP contribution in [0.3, 0.4) is 0 Å². The summed E-state index contributed by atoms with van der Waals surface area (Å²) in [7, 11) is 0. The van der Waals surface area contributed by atoms with Crippen molar-refractivity contribution in [2.45, 2.75) is 38.1 Å². The number of hydrogen-bond donors (Lipinski definition) is 2. The zero-order chi connectivity index (χ0) is 13.7. The first-order valence-corrected chi connectivity index (χ1v) is 6.80. The van der Waals surface area contributed by atoms with Crippen molar-refractivity contribution in [3.63, 3.8) is 0 Å². The van der Waals surface area contributed by atoms with Crippen LogP contribution in [-0.4, -0.2) is 18.5 Å². The molecule has 19 heavy (non-hydrogen) atoms. The molecule has 1 aromatic rings. The summed E-state index contributed by atoms with van der Waals surface area (Å²) in [6, 6.07) is 8.27. The van der Waals surface area contributed by atoms with E-state index in [1.54, 1.807) is 0 Å². The van der Waals surface area contributed by atoms with Gasteiger partial charge in [0.05, 0.1) is 0 Å². The maximum absolute atomic E-state index is 12.0. The third kappa shape index (κ3) is 3.29. The van der Waals surface area contributed by atoms with Crippen LogP contribution in [0.1, 0.15) is 37.7 Å². The minimum absolute atomic E-state index is 0.0885. The van der Waals surface area contributed by atoms with Crippen LogP contribution >= 0.6 is 0 Å². The summed E-state index contributed by atoms with van der Waals surface area (Å²) in [5.74, 6) is 2.96. The molecule has 100 valence electrons. The van der Waals surface area contributed by atoms with Crippen molar-refractivity contribution in [1.82, 2.24) is 5.32 Å². The molecule has 1 amide bonds. The maximum atomic E-state index is 12.0. The Morgan fingerprint density at radius 2 is 2.37 bits per heavy atom. The number of amides is 1. The highest BCUT2D eigenvalue weighted by Crippen LogP contribution is 2.33. The van der Waals surface area contributed by atoms with Gasteiger partial charge in [-0.25, -0.2) is 0 Å². The van der Waals surface area contributed by atoms with Gasteiger partial charge in [-0.15, -0.1) is 12.3 Å². The van der Waals surface area contributed by atoms with E-state index < -0.39 is 0 Å². The molecule has 0 bridgehead atoms. The van der Waals surface area contributed by atoms with Crippen LogP contribution in [0.5, 0.6) is 0 Å². The van der Waals surface area contributed by atoms with Gasteiger partial charge in [0, 0.05) is 37.0 Å². The highest BCUT2D eigenvalue weighted by atomic mass is 16.1. The van der Waals surface area contributed by atoms with Gasteiger partial charge in [0.2, 0.25) is 5.91 Å². The smallest absolute Gasteiger partial charge is 0.220 e. The molecule has 1 aliphatic rings. The van der Waals surface area contributed by atoms with Crippen LogP contribution in [-0.2, 0) is 4.79 Å². The second-order valence-corrected chi connectivity index (χ2v) is 4.95. The molecule has 3 heteroatoms. The van der Waals surface area contributed by atoms with Gasteiger partial charge in [0.15, 0.2) is 0 Å². The first kappa shape index (κ1) is 13.5. The molecule has 3 nitrogen and oxygen atoms in total. The van der Waals surface area contributed by atoms with E-state index in [1.165, 1.54) is 5.56 Å². The third-order valence-corrected chi connectivity index (χ3v) is 3.59. The van der Waals surface area contributed by atoms with Crippen LogP contribution in [0.15, 0.2) is 24.3 Å². The normalized spacial score (nSPS) is 18.0. The Bertz CT molecular complexity index is 490. The van der Waals surface area contributed by atoms with Crippen molar-refractivity contribution in [2.75, 3.05) is 11.9 Å². The van der Waals surface area contributed by atoms with E-state index >= 15 is 0 Å². The average Bonchev–Trinajstić information content (AvgIpc) is 2.82. The lowest BCUT2D eigenvalue weighted by Gasteiger charge is -2.16. The SMILES string of the molecule is C#CCC(CC)NC(=O)CC1CNc2ccccc21. The van der Waals surface area contributed by atoms with E-state index in [9.17, 15) is 4.79 Å². The summed E-state index contributed by atoms with van der Waals surface area (Å²) in [6.07, 6.45) is 7.28. The van der Waals surface area contributed by atoms with Crippen LogP contribution in [0.25, 0.3) is 0 Å². The number of rotatable bonds is 5. The third-order valence-electron chi connectivity index (χ3n) is 3.59. The van der Waals surface area contributed by atoms with Crippen molar-refractivity contribution in [1.29, 1.82) is 0 Å². The zero-order valence-electron chi connectivity index (χ0n) is 11.3. The molecule has 2 rings (SSSR count). The van der Waals surface area contributed by atoms with Crippen molar-refractivity contribution >= 4 is 11.6 Å². The Morgan fingerprint density at radius 1 is 1.58 bits per heavy atom. The van der Waals surface area contributed by atoms with Crippen LogP contribution in [0.2, 0.25) is 0 Å². The van der Waals surface area contributed by atoms with Gasteiger partial charge in [0.25, 0.3) is 0 Å². The summed E-state index contributed by atoms with van der Waals surface area (Å²) < 4.78 is 0. The lowest BCUT2D eigenvalue weighted by Crippen LogP contribution is -2.35. The van der Waals surface area contributed by atoms with E-state index in [4.69, 9.17) is 6.42 Å². The van der Waals surface area contributed by atoms with Crippen molar-refractivity contribution in [3.05, 3.63) is 29.8 Å².